The summed E-state index contributed by atoms with van der Waals surface area (Å²) >= 11 is 0. The smallest absolute Gasteiger partial charge is 0.407 e. The van der Waals surface area contributed by atoms with Gasteiger partial charge in [-0.25, -0.2) is 4.79 Å². The van der Waals surface area contributed by atoms with Crippen molar-refractivity contribution in [2.45, 2.75) is 63.6 Å². The fourth-order valence-electron chi connectivity index (χ4n) is 3.07. The van der Waals surface area contributed by atoms with Crippen molar-refractivity contribution in [2.24, 2.45) is 0 Å². The van der Waals surface area contributed by atoms with Crippen LogP contribution in [-0.2, 0) is 10.2 Å². The molecule has 0 heterocycles. The highest BCUT2D eigenvalue weighted by atomic mass is 16.6. The standard InChI is InChI=1S/C18H27NO3/c1-17(2,3)22-16(21)19-13-18(11-9-15(20)10-12-18)14-7-5-4-6-8-14/h4-8,15,20H,9-13H2,1-3H3,(H,19,21)/t15-,18+. The molecule has 4 nitrogen and oxygen atoms in total. The van der Waals surface area contributed by atoms with E-state index in [-0.39, 0.29) is 17.6 Å². The molecule has 1 aromatic rings. The molecule has 0 radical (unpaired) electrons. The Morgan fingerprint density at radius 1 is 1.27 bits per heavy atom. The molecule has 0 aromatic heterocycles. The first-order valence-corrected chi connectivity index (χ1v) is 8.01. The number of aliphatic hydroxyl groups excluding tert-OH is 1. The predicted octanol–water partition coefficient (Wildman–Crippen LogP) is 3.38. The van der Waals surface area contributed by atoms with Gasteiger partial charge in [0.2, 0.25) is 0 Å². The lowest BCUT2D eigenvalue weighted by molar-refractivity contribution is 0.0487. The lowest BCUT2D eigenvalue weighted by atomic mass is 9.68. The fraction of sp³-hybridized carbons (Fsp3) is 0.611. The van der Waals surface area contributed by atoms with Gasteiger partial charge in [-0.15, -0.1) is 0 Å². The van der Waals surface area contributed by atoms with Crippen LogP contribution in [0.4, 0.5) is 4.79 Å². The number of rotatable bonds is 3. The van der Waals surface area contributed by atoms with Crippen LogP contribution in [-0.4, -0.2) is 29.4 Å². The molecule has 0 saturated heterocycles. The molecule has 1 fully saturated rings. The summed E-state index contributed by atoms with van der Waals surface area (Å²) in [5.41, 5.74) is 0.613. The van der Waals surface area contributed by atoms with Crippen molar-refractivity contribution in [1.29, 1.82) is 0 Å². The number of benzene rings is 1. The molecule has 0 aliphatic heterocycles. The summed E-state index contributed by atoms with van der Waals surface area (Å²) in [5, 5.41) is 12.7. The minimum absolute atomic E-state index is 0.114. The van der Waals surface area contributed by atoms with Crippen LogP contribution in [0, 0.1) is 0 Å². The predicted molar refractivity (Wildman–Crippen MR) is 86.8 cm³/mol. The number of amides is 1. The highest BCUT2D eigenvalue weighted by Gasteiger charge is 2.37. The van der Waals surface area contributed by atoms with Gasteiger partial charge < -0.3 is 15.2 Å². The van der Waals surface area contributed by atoms with Crippen LogP contribution in [0.5, 0.6) is 0 Å². The number of aliphatic hydroxyl groups is 1. The van der Waals surface area contributed by atoms with Crippen molar-refractivity contribution in [3.8, 4) is 0 Å². The van der Waals surface area contributed by atoms with Crippen LogP contribution < -0.4 is 5.32 Å². The highest BCUT2D eigenvalue weighted by Crippen LogP contribution is 2.39. The van der Waals surface area contributed by atoms with Gasteiger partial charge in [0, 0.05) is 12.0 Å². The molecule has 22 heavy (non-hydrogen) atoms. The number of ether oxygens (including phenoxy) is 1. The van der Waals surface area contributed by atoms with E-state index in [1.54, 1.807) is 0 Å². The minimum Gasteiger partial charge on any atom is -0.444 e. The maximum atomic E-state index is 12.0. The van der Waals surface area contributed by atoms with Gasteiger partial charge in [0.25, 0.3) is 0 Å². The number of carbonyl (C=O) groups excluding carboxylic acids is 1. The molecule has 122 valence electrons. The van der Waals surface area contributed by atoms with E-state index in [9.17, 15) is 9.90 Å². The Bertz CT molecular complexity index is 485. The molecule has 1 saturated carbocycles. The van der Waals surface area contributed by atoms with E-state index in [1.165, 1.54) is 5.56 Å². The molecule has 0 bridgehead atoms. The van der Waals surface area contributed by atoms with Crippen molar-refractivity contribution in [2.75, 3.05) is 6.54 Å². The van der Waals surface area contributed by atoms with E-state index in [1.807, 2.05) is 39.0 Å². The van der Waals surface area contributed by atoms with Crippen molar-refractivity contribution in [3.05, 3.63) is 35.9 Å². The van der Waals surface area contributed by atoms with Crippen LogP contribution >= 0.6 is 0 Å². The number of alkyl carbamates (subject to hydrolysis) is 1. The zero-order chi connectivity index (χ0) is 16.2. The van der Waals surface area contributed by atoms with Gasteiger partial charge in [-0.05, 0) is 52.0 Å². The topological polar surface area (TPSA) is 58.6 Å². The van der Waals surface area contributed by atoms with E-state index < -0.39 is 5.60 Å². The molecule has 0 unspecified atom stereocenters. The van der Waals surface area contributed by atoms with Gasteiger partial charge in [0.05, 0.1) is 6.10 Å². The zero-order valence-electron chi connectivity index (χ0n) is 13.8. The fourth-order valence-corrected chi connectivity index (χ4v) is 3.07. The second-order valence-electron chi connectivity index (χ2n) is 7.23. The van der Waals surface area contributed by atoms with Crippen molar-refractivity contribution >= 4 is 6.09 Å². The van der Waals surface area contributed by atoms with Crippen LogP contribution in [0.15, 0.2) is 30.3 Å². The summed E-state index contributed by atoms with van der Waals surface area (Å²) < 4.78 is 5.33. The number of carbonyl (C=O) groups is 1. The normalized spacial score (nSPS) is 25.5. The Morgan fingerprint density at radius 2 is 1.86 bits per heavy atom. The molecule has 0 spiro atoms. The van der Waals surface area contributed by atoms with E-state index >= 15 is 0 Å². The summed E-state index contributed by atoms with van der Waals surface area (Å²) in [4.78, 5) is 12.0. The van der Waals surface area contributed by atoms with Crippen molar-refractivity contribution < 1.29 is 14.6 Å². The number of hydrogen-bond acceptors (Lipinski definition) is 3. The van der Waals surface area contributed by atoms with Crippen LogP contribution in [0.25, 0.3) is 0 Å². The van der Waals surface area contributed by atoms with E-state index in [0.29, 0.717) is 6.54 Å². The van der Waals surface area contributed by atoms with Crippen LogP contribution in [0.1, 0.15) is 52.0 Å². The van der Waals surface area contributed by atoms with Gasteiger partial charge in [0.15, 0.2) is 0 Å². The van der Waals surface area contributed by atoms with Gasteiger partial charge in [-0.1, -0.05) is 30.3 Å². The summed E-state index contributed by atoms with van der Waals surface area (Å²) in [6.07, 6.45) is 2.67. The largest absolute Gasteiger partial charge is 0.444 e. The molecular formula is C18H27NO3. The van der Waals surface area contributed by atoms with Gasteiger partial charge in [-0.2, -0.15) is 0 Å². The Kier molecular flexibility index (Phi) is 5.12. The summed E-state index contributed by atoms with van der Waals surface area (Å²) in [5.74, 6) is 0. The second kappa shape index (κ2) is 6.69. The molecule has 2 N–H and O–H groups in total. The maximum absolute atomic E-state index is 12.0. The molecule has 1 aliphatic carbocycles. The monoisotopic (exact) mass is 305 g/mol. The lowest BCUT2D eigenvalue weighted by Crippen LogP contribution is -2.45. The third-order valence-corrected chi connectivity index (χ3v) is 4.27. The van der Waals surface area contributed by atoms with Gasteiger partial charge >= 0.3 is 6.09 Å². The maximum Gasteiger partial charge on any atom is 0.407 e. The van der Waals surface area contributed by atoms with E-state index in [2.05, 4.69) is 17.4 Å². The molecule has 0 atom stereocenters. The SMILES string of the molecule is CC(C)(C)OC(=O)NC[C@]1(c2ccccc2)CC[C@@H](O)CC1. The average Bonchev–Trinajstić information content (AvgIpc) is 2.46. The minimum atomic E-state index is -0.493. The molecule has 2 rings (SSSR count). The highest BCUT2D eigenvalue weighted by molar-refractivity contribution is 5.67. The first kappa shape index (κ1) is 16.8. The third-order valence-electron chi connectivity index (χ3n) is 4.27. The first-order valence-electron chi connectivity index (χ1n) is 8.01. The van der Waals surface area contributed by atoms with Crippen LogP contribution in [0.3, 0.4) is 0 Å². The van der Waals surface area contributed by atoms with E-state index in [0.717, 1.165) is 25.7 Å². The summed E-state index contributed by atoms with van der Waals surface area (Å²) in [7, 11) is 0. The first-order chi connectivity index (χ1) is 10.3. The van der Waals surface area contributed by atoms with Crippen molar-refractivity contribution in [3.63, 3.8) is 0 Å². The molecule has 1 aliphatic rings. The van der Waals surface area contributed by atoms with Gasteiger partial charge in [-0.3, -0.25) is 0 Å². The summed E-state index contributed by atoms with van der Waals surface area (Å²) in [6, 6.07) is 10.3. The van der Waals surface area contributed by atoms with Crippen molar-refractivity contribution in [1.82, 2.24) is 5.32 Å². The second-order valence-corrected chi connectivity index (χ2v) is 7.23. The van der Waals surface area contributed by atoms with Gasteiger partial charge in [0.1, 0.15) is 5.60 Å². The number of hydrogen-bond donors (Lipinski definition) is 2. The van der Waals surface area contributed by atoms with Crippen LogP contribution in [0.2, 0.25) is 0 Å². The third kappa shape index (κ3) is 4.47. The zero-order valence-corrected chi connectivity index (χ0v) is 13.8. The lowest BCUT2D eigenvalue weighted by Gasteiger charge is -2.39. The summed E-state index contributed by atoms with van der Waals surface area (Å²) in [6.45, 7) is 6.11. The molecule has 1 amide bonds. The Hall–Kier alpha value is -1.55. The molecule has 1 aromatic carbocycles. The van der Waals surface area contributed by atoms with E-state index in [4.69, 9.17) is 4.74 Å². The average molecular weight is 305 g/mol. The Labute approximate surface area is 132 Å². The molecular weight excluding hydrogens is 278 g/mol. The quantitative estimate of drug-likeness (QED) is 0.900. The Balaban J connectivity index is 2.08. The Morgan fingerprint density at radius 3 is 2.41 bits per heavy atom. The number of nitrogens with one attached hydrogen (secondary N) is 1. The molecule has 4 heteroatoms.